The van der Waals surface area contributed by atoms with E-state index in [1.165, 1.54) is 0 Å². The quantitative estimate of drug-likeness (QED) is 0.603. The number of rotatable bonds is 6. The summed E-state index contributed by atoms with van der Waals surface area (Å²) in [5, 5.41) is 7.26. The van der Waals surface area contributed by atoms with Crippen molar-refractivity contribution in [2.45, 2.75) is 38.4 Å². The second-order valence-electron chi connectivity index (χ2n) is 4.55. The Labute approximate surface area is 108 Å². The maximum atomic E-state index is 4.45. The van der Waals surface area contributed by atoms with Crippen LogP contribution >= 0.6 is 11.8 Å². The molecule has 0 saturated carbocycles. The highest BCUT2D eigenvalue weighted by Crippen LogP contribution is 2.18. The lowest BCUT2D eigenvalue weighted by molar-refractivity contribution is 0.538. The van der Waals surface area contributed by atoms with E-state index in [1.54, 1.807) is 11.8 Å². The first-order valence-electron chi connectivity index (χ1n) is 5.92. The van der Waals surface area contributed by atoms with Crippen molar-refractivity contribution in [1.82, 2.24) is 9.97 Å². The molecule has 1 atom stereocenters. The molecular weight excluding hydrogens is 232 g/mol. The minimum atomic E-state index is 0.421. The van der Waals surface area contributed by atoms with Crippen LogP contribution in [0.25, 0.3) is 0 Å². The van der Waals surface area contributed by atoms with E-state index in [2.05, 4.69) is 41.4 Å². The molecule has 0 aliphatic heterocycles. The van der Waals surface area contributed by atoms with Gasteiger partial charge in [0.05, 0.1) is 0 Å². The van der Waals surface area contributed by atoms with Gasteiger partial charge in [0.15, 0.2) is 5.16 Å². The van der Waals surface area contributed by atoms with E-state index in [0.717, 1.165) is 23.2 Å². The van der Waals surface area contributed by atoms with Crippen molar-refractivity contribution in [2.75, 3.05) is 23.9 Å². The van der Waals surface area contributed by atoms with Gasteiger partial charge in [-0.25, -0.2) is 9.97 Å². The van der Waals surface area contributed by atoms with Gasteiger partial charge in [-0.3, -0.25) is 0 Å². The van der Waals surface area contributed by atoms with Crippen LogP contribution in [0.1, 0.15) is 27.2 Å². The van der Waals surface area contributed by atoms with Crippen molar-refractivity contribution in [3.63, 3.8) is 0 Å². The summed E-state index contributed by atoms with van der Waals surface area (Å²) in [5.41, 5.74) is 0. The molecule has 1 aromatic heterocycles. The molecule has 0 spiro atoms. The van der Waals surface area contributed by atoms with Crippen LogP contribution < -0.4 is 10.6 Å². The summed E-state index contributed by atoms with van der Waals surface area (Å²) in [6, 6.07) is 2.36. The summed E-state index contributed by atoms with van der Waals surface area (Å²) >= 11 is 1.55. The number of hydrogen-bond acceptors (Lipinski definition) is 5. The molecule has 0 amide bonds. The highest BCUT2D eigenvalue weighted by Gasteiger charge is 2.08. The van der Waals surface area contributed by atoms with E-state index in [0.29, 0.717) is 12.0 Å². The van der Waals surface area contributed by atoms with Crippen LogP contribution in [0.3, 0.4) is 0 Å². The Morgan fingerprint density at radius 3 is 2.41 bits per heavy atom. The van der Waals surface area contributed by atoms with Gasteiger partial charge in [-0.2, -0.15) is 0 Å². The van der Waals surface area contributed by atoms with Crippen LogP contribution in [0.5, 0.6) is 0 Å². The number of anilines is 2. The van der Waals surface area contributed by atoms with Crippen molar-refractivity contribution in [3.8, 4) is 0 Å². The fourth-order valence-corrected chi connectivity index (χ4v) is 2.12. The van der Waals surface area contributed by atoms with Crippen molar-refractivity contribution in [1.29, 1.82) is 0 Å². The van der Waals surface area contributed by atoms with Gasteiger partial charge < -0.3 is 10.6 Å². The van der Waals surface area contributed by atoms with Crippen LogP contribution in [0.15, 0.2) is 11.2 Å². The van der Waals surface area contributed by atoms with Gasteiger partial charge in [-0.1, -0.05) is 25.6 Å². The highest BCUT2D eigenvalue weighted by molar-refractivity contribution is 7.98. The molecule has 0 aliphatic rings. The lowest BCUT2D eigenvalue weighted by Gasteiger charge is -2.17. The normalized spacial score (nSPS) is 12.6. The van der Waals surface area contributed by atoms with Crippen LogP contribution in [0, 0.1) is 5.92 Å². The Hall–Kier alpha value is -0.970. The first-order chi connectivity index (χ1) is 8.05. The Morgan fingerprint density at radius 2 is 1.88 bits per heavy atom. The molecule has 2 N–H and O–H groups in total. The predicted octanol–water partition coefficient (Wildman–Crippen LogP) is 3.09. The molecule has 0 fully saturated rings. The molecule has 0 aliphatic carbocycles. The number of thioether (sulfide) groups is 1. The van der Waals surface area contributed by atoms with E-state index in [1.807, 2.05) is 19.4 Å². The van der Waals surface area contributed by atoms with Crippen molar-refractivity contribution in [3.05, 3.63) is 6.07 Å². The molecule has 17 heavy (non-hydrogen) atoms. The molecule has 0 radical (unpaired) electrons. The number of nitrogens with zero attached hydrogens (tertiary/aromatic N) is 2. The van der Waals surface area contributed by atoms with Gasteiger partial charge in [-0.15, -0.1) is 0 Å². The Bertz CT molecular complexity index is 332. The molecule has 0 saturated heterocycles. The average Bonchev–Trinajstić information content (AvgIpc) is 2.27. The minimum absolute atomic E-state index is 0.421. The van der Waals surface area contributed by atoms with Crippen LogP contribution in [-0.2, 0) is 0 Å². The van der Waals surface area contributed by atoms with E-state index in [-0.39, 0.29) is 0 Å². The molecule has 1 unspecified atom stereocenters. The Kier molecular flexibility index (Phi) is 5.55. The smallest absolute Gasteiger partial charge is 0.191 e. The van der Waals surface area contributed by atoms with Gasteiger partial charge in [0.1, 0.15) is 11.6 Å². The third-order valence-electron chi connectivity index (χ3n) is 2.36. The van der Waals surface area contributed by atoms with Crippen LogP contribution in [0.2, 0.25) is 0 Å². The summed E-state index contributed by atoms with van der Waals surface area (Å²) in [5.74, 6) is 2.42. The predicted molar refractivity (Wildman–Crippen MR) is 75.9 cm³/mol. The monoisotopic (exact) mass is 254 g/mol. The Morgan fingerprint density at radius 1 is 1.24 bits per heavy atom. The van der Waals surface area contributed by atoms with E-state index in [4.69, 9.17) is 0 Å². The zero-order chi connectivity index (χ0) is 12.8. The van der Waals surface area contributed by atoms with E-state index < -0.39 is 0 Å². The second kappa shape index (κ2) is 6.69. The molecule has 0 bridgehead atoms. The summed E-state index contributed by atoms with van der Waals surface area (Å²) in [6.07, 6.45) is 3.11. The number of nitrogens with one attached hydrogen (secondary N) is 2. The summed E-state index contributed by atoms with van der Waals surface area (Å²) in [7, 11) is 1.87. The lowest BCUT2D eigenvalue weighted by atomic mass is 10.1. The van der Waals surface area contributed by atoms with Crippen molar-refractivity contribution >= 4 is 23.4 Å². The van der Waals surface area contributed by atoms with E-state index >= 15 is 0 Å². The summed E-state index contributed by atoms with van der Waals surface area (Å²) in [6.45, 7) is 6.63. The number of aromatic nitrogens is 2. The maximum absolute atomic E-state index is 4.45. The maximum Gasteiger partial charge on any atom is 0.191 e. The highest BCUT2D eigenvalue weighted by atomic mass is 32.2. The Balaban J connectivity index is 2.75. The van der Waals surface area contributed by atoms with Crippen molar-refractivity contribution < 1.29 is 0 Å². The molecule has 5 heteroatoms. The zero-order valence-corrected chi connectivity index (χ0v) is 12.1. The molecule has 0 aromatic carbocycles. The largest absolute Gasteiger partial charge is 0.373 e. The minimum Gasteiger partial charge on any atom is -0.373 e. The first-order valence-corrected chi connectivity index (χ1v) is 7.15. The average molecular weight is 254 g/mol. The van der Waals surface area contributed by atoms with Gasteiger partial charge in [0.2, 0.25) is 0 Å². The van der Waals surface area contributed by atoms with Crippen molar-refractivity contribution in [2.24, 2.45) is 5.92 Å². The van der Waals surface area contributed by atoms with E-state index in [9.17, 15) is 0 Å². The van der Waals surface area contributed by atoms with Gasteiger partial charge in [0, 0.05) is 19.2 Å². The second-order valence-corrected chi connectivity index (χ2v) is 5.32. The first kappa shape index (κ1) is 14.1. The summed E-state index contributed by atoms with van der Waals surface area (Å²) in [4.78, 5) is 8.79. The van der Waals surface area contributed by atoms with Gasteiger partial charge in [0.25, 0.3) is 0 Å². The molecule has 1 rings (SSSR count). The molecule has 1 heterocycles. The fourth-order valence-electron chi connectivity index (χ4n) is 1.74. The lowest BCUT2D eigenvalue weighted by Crippen LogP contribution is -2.18. The van der Waals surface area contributed by atoms with Gasteiger partial charge in [-0.05, 0) is 25.5 Å². The molecule has 1 aromatic rings. The third kappa shape index (κ3) is 4.81. The van der Waals surface area contributed by atoms with Gasteiger partial charge >= 0.3 is 0 Å². The third-order valence-corrected chi connectivity index (χ3v) is 2.91. The molecule has 96 valence electrons. The standard InChI is InChI=1S/C12H22N4S/c1-8(2)6-9(3)14-11-7-10(13-4)15-12(16-11)17-5/h7-9H,6H2,1-5H3,(H2,13,14,15,16). The summed E-state index contributed by atoms with van der Waals surface area (Å²) < 4.78 is 0. The fraction of sp³-hybridized carbons (Fsp3) is 0.667. The molecular formula is C12H22N4S. The number of hydrogen-bond donors (Lipinski definition) is 2. The SMILES string of the molecule is CNc1cc(NC(C)CC(C)C)nc(SC)n1. The topological polar surface area (TPSA) is 49.8 Å². The molecule has 4 nitrogen and oxygen atoms in total. The zero-order valence-electron chi connectivity index (χ0n) is 11.2. The van der Waals surface area contributed by atoms with Crippen LogP contribution in [-0.4, -0.2) is 29.3 Å². The van der Waals surface area contributed by atoms with Crippen LogP contribution in [0.4, 0.5) is 11.6 Å².